The average molecular weight is 323 g/mol. The molecule has 23 heavy (non-hydrogen) atoms. The number of carbonyl (C=O) groups is 1. The molecule has 0 bridgehead atoms. The molecular weight excluding hydrogens is 298 g/mol. The van der Waals surface area contributed by atoms with Crippen LogP contribution in [-0.4, -0.2) is 79.4 Å². The van der Waals surface area contributed by atoms with Crippen LogP contribution < -0.4 is 10.2 Å². The van der Waals surface area contributed by atoms with Crippen molar-refractivity contribution in [3.05, 3.63) is 12.3 Å². The predicted molar refractivity (Wildman–Crippen MR) is 87.9 cm³/mol. The fraction of sp³-hybridized carbons (Fsp3) is 0.667. The summed E-state index contributed by atoms with van der Waals surface area (Å²) in [5.74, 6) is 0.796. The summed E-state index contributed by atoms with van der Waals surface area (Å²) in [6.07, 6.45) is 2.80. The van der Waals surface area contributed by atoms with E-state index in [-0.39, 0.29) is 6.54 Å². The Balaban J connectivity index is 1.84. The lowest BCUT2D eigenvalue weighted by molar-refractivity contribution is -0.134. The molecule has 1 aliphatic rings. The molecule has 0 amide bonds. The number of anilines is 2. The summed E-state index contributed by atoms with van der Waals surface area (Å²) >= 11 is 0. The Morgan fingerprint density at radius 1 is 1.61 bits per heavy atom. The molecule has 1 aromatic rings. The van der Waals surface area contributed by atoms with Crippen LogP contribution in [0.3, 0.4) is 0 Å². The maximum atomic E-state index is 10.6. The number of nitrogens with one attached hydrogen (secondary N) is 1. The maximum absolute atomic E-state index is 10.6. The summed E-state index contributed by atoms with van der Waals surface area (Å²) in [6.45, 7) is 4.63. The minimum Gasteiger partial charge on any atom is -0.480 e. The summed E-state index contributed by atoms with van der Waals surface area (Å²) in [6, 6.07) is 1.67. The van der Waals surface area contributed by atoms with E-state index < -0.39 is 5.97 Å². The Kier molecular flexibility index (Phi) is 6.54. The van der Waals surface area contributed by atoms with Crippen molar-refractivity contribution in [2.24, 2.45) is 5.92 Å². The van der Waals surface area contributed by atoms with Gasteiger partial charge in [0.25, 0.3) is 0 Å². The van der Waals surface area contributed by atoms with Crippen molar-refractivity contribution < 1.29 is 14.6 Å². The number of carboxylic acids is 1. The van der Waals surface area contributed by atoms with Gasteiger partial charge in [-0.05, 0) is 24.9 Å². The molecule has 128 valence electrons. The first-order valence-corrected chi connectivity index (χ1v) is 7.79. The van der Waals surface area contributed by atoms with E-state index in [1.807, 2.05) is 11.9 Å². The summed E-state index contributed by atoms with van der Waals surface area (Å²) in [4.78, 5) is 23.7. The molecule has 2 N–H and O–H groups in total. The third-order valence-electron chi connectivity index (χ3n) is 3.92. The fourth-order valence-corrected chi connectivity index (χ4v) is 2.75. The van der Waals surface area contributed by atoms with Gasteiger partial charge in [0.2, 0.25) is 5.95 Å². The number of hydrogen-bond donors (Lipinski definition) is 2. The van der Waals surface area contributed by atoms with E-state index in [2.05, 4.69) is 20.2 Å². The highest BCUT2D eigenvalue weighted by atomic mass is 16.5. The number of methoxy groups -OCH3 is 1. The van der Waals surface area contributed by atoms with Gasteiger partial charge in [0.15, 0.2) is 0 Å². The van der Waals surface area contributed by atoms with Crippen molar-refractivity contribution >= 4 is 17.7 Å². The van der Waals surface area contributed by atoms with E-state index in [9.17, 15) is 4.79 Å². The summed E-state index contributed by atoms with van der Waals surface area (Å²) < 4.78 is 5.12. The molecular formula is C15H25N5O3. The van der Waals surface area contributed by atoms with Crippen LogP contribution in [0.15, 0.2) is 12.3 Å². The molecule has 1 aromatic heterocycles. The van der Waals surface area contributed by atoms with Gasteiger partial charge in [0, 0.05) is 40.0 Å². The van der Waals surface area contributed by atoms with E-state index in [0.717, 1.165) is 39.2 Å². The lowest BCUT2D eigenvalue weighted by atomic mass is 10.1. The average Bonchev–Trinajstić information content (AvgIpc) is 2.98. The van der Waals surface area contributed by atoms with Crippen molar-refractivity contribution in [2.45, 2.75) is 6.42 Å². The van der Waals surface area contributed by atoms with Gasteiger partial charge in [-0.2, -0.15) is 4.98 Å². The van der Waals surface area contributed by atoms with Crippen LogP contribution >= 0.6 is 0 Å². The van der Waals surface area contributed by atoms with Gasteiger partial charge in [0.1, 0.15) is 12.4 Å². The zero-order valence-corrected chi connectivity index (χ0v) is 13.7. The molecule has 1 aliphatic heterocycles. The highest BCUT2D eigenvalue weighted by Gasteiger charge is 2.23. The third-order valence-corrected chi connectivity index (χ3v) is 3.92. The molecule has 8 heteroatoms. The zero-order valence-electron chi connectivity index (χ0n) is 13.7. The van der Waals surface area contributed by atoms with Crippen LogP contribution in [0.5, 0.6) is 0 Å². The van der Waals surface area contributed by atoms with Crippen molar-refractivity contribution in [3.63, 3.8) is 0 Å². The first kappa shape index (κ1) is 17.4. The molecule has 0 aliphatic carbocycles. The molecule has 1 saturated heterocycles. The van der Waals surface area contributed by atoms with Crippen LogP contribution in [0.25, 0.3) is 0 Å². The van der Waals surface area contributed by atoms with Crippen LogP contribution in [0.2, 0.25) is 0 Å². The Bertz CT molecular complexity index is 514. The van der Waals surface area contributed by atoms with Crippen molar-refractivity contribution in [1.29, 1.82) is 0 Å². The Labute approximate surface area is 136 Å². The summed E-state index contributed by atoms with van der Waals surface area (Å²) in [5, 5.41) is 11.5. The maximum Gasteiger partial charge on any atom is 0.322 e. The Morgan fingerprint density at radius 3 is 3.17 bits per heavy atom. The first-order valence-electron chi connectivity index (χ1n) is 7.79. The van der Waals surface area contributed by atoms with E-state index in [1.54, 1.807) is 19.4 Å². The van der Waals surface area contributed by atoms with E-state index in [4.69, 9.17) is 9.84 Å². The van der Waals surface area contributed by atoms with Gasteiger partial charge in [-0.15, -0.1) is 0 Å². The molecule has 8 nitrogen and oxygen atoms in total. The molecule has 1 atom stereocenters. The second kappa shape index (κ2) is 8.64. The van der Waals surface area contributed by atoms with E-state index >= 15 is 0 Å². The zero-order chi connectivity index (χ0) is 16.7. The number of carboxylic acid groups (broad SMARTS) is 1. The normalized spacial score (nSPS) is 18.1. The monoisotopic (exact) mass is 323 g/mol. The highest BCUT2D eigenvalue weighted by Crippen LogP contribution is 2.19. The van der Waals surface area contributed by atoms with Crippen LogP contribution in [-0.2, 0) is 9.53 Å². The molecule has 2 rings (SSSR count). The van der Waals surface area contributed by atoms with Gasteiger partial charge in [-0.1, -0.05) is 0 Å². The minimum atomic E-state index is -0.916. The van der Waals surface area contributed by atoms with E-state index in [1.165, 1.54) is 0 Å². The topological polar surface area (TPSA) is 90.8 Å². The Hall–Kier alpha value is -1.93. The van der Waals surface area contributed by atoms with Crippen LogP contribution in [0, 0.1) is 5.92 Å². The summed E-state index contributed by atoms with van der Waals surface area (Å²) in [5.41, 5.74) is 0. The number of rotatable bonds is 9. The van der Waals surface area contributed by atoms with Gasteiger partial charge < -0.3 is 25.0 Å². The quantitative estimate of drug-likeness (QED) is 0.674. The van der Waals surface area contributed by atoms with Crippen molar-refractivity contribution in [1.82, 2.24) is 14.9 Å². The number of likely N-dealkylation sites (tertiary alicyclic amines) is 1. The number of nitrogens with zero attached hydrogens (tertiary/aromatic N) is 4. The number of hydrogen-bond acceptors (Lipinski definition) is 7. The third kappa shape index (κ3) is 5.65. The number of ether oxygens (including phenoxy) is 1. The summed E-state index contributed by atoms with van der Waals surface area (Å²) in [7, 11) is 3.69. The first-order chi connectivity index (χ1) is 11.1. The highest BCUT2D eigenvalue weighted by molar-refractivity contribution is 5.72. The SMILES string of the molecule is COCCN1CCC(CN(C)c2nccc(NCC(=O)O)n2)C1. The van der Waals surface area contributed by atoms with Crippen molar-refractivity contribution in [2.75, 3.05) is 63.7 Å². The smallest absolute Gasteiger partial charge is 0.322 e. The lowest BCUT2D eigenvalue weighted by Crippen LogP contribution is -2.30. The van der Waals surface area contributed by atoms with E-state index in [0.29, 0.717) is 17.7 Å². The largest absolute Gasteiger partial charge is 0.480 e. The molecule has 0 spiro atoms. The second-order valence-corrected chi connectivity index (χ2v) is 5.82. The van der Waals surface area contributed by atoms with Gasteiger partial charge >= 0.3 is 5.97 Å². The molecule has 0 aromatic carbocycles. The molecule has 0 radical (unpaired) electrons. The molecule has 1 unspecified atom stereocenters. The predicted octanol–water partition coefficient (Wildman–Crippen LogP) is 0.378. The number of aliphatic carboxylic acids is 1. The van der Waals surface area contributed by atoms with Crippen molar-refractivity contribution in [3.8, 4) is 0 Å². The van der Waals surface area contributed by atoms with Crippen LogP contribution in [0.1, 0.15) is 6.42 Å². The fourth-order valence-electron chi connectivity index (χ4n) is 2.75. The van der Waals surface area contributed by atoms with Crippen LogP contribution in [0.4, 0.5) is 11.8 Å². The van der Waals surface area contributed by atoms with Gasteiger partial charge in [-0.3, -0.25) is 4.79 Å². The van der Waals surface area contributed by atoms with Gasteiger partial charge in [0.05, 0.1) is 6.61 Å². The standard InChI is InChI=1S/C15H25N5O3/c1-19(10-12-4-6-20(11-12)7-8-23-2)15-16-5-3-13(18-15)17-9-14(21)22/h3,5,12H,4,6-11H2,1-2H3,(H,21,22)(H,16,17,18). The minimum absolute atomic E-state index is 0.156. The van der Waals surface area contributed by atoms with Gasteiger partial charge in [-0.25, -0.2) is 4.98 Å². The Morgan fingerprint density at radius 2 is 2.43 bits per heavy atom. The number of aromatic nitrogens is 2. The lowest BCUT2D eigenvalue weighted by Gasteiger charge is -2.22. The second-order valence-electron chi connectivity index (χ2n) is 5.82. The molecule has 2 heterocycles. The molecule has 1 fully saturated rings. The molecule has 0 saturated carbocycles.